The Morgan fingerprint density at radius 1 is 1.17 bits per heavy atom. The summed E-state index contributed by atoms with van der Waals surface area (Å²) in [5, 5.41) is 7.57. The number of anilines is 1. The zero-order valence-corrected chi connectivity index (χ0v) is 17.2. The molecule has 2 heterocycles. The third-order valence-corrected chi connectivity index (χ3v) is 4.23. The van der Waals surface area contributed by atoms with Crippen LogP contribution in [-0.4, -0.2) is 27.3 Å². The molecule has 0 aliphatic heterocycles. The predicted octanol–water partition coefficient (Wildman–Crippen LogP) is 4.62. The summed E-state index contributed by atoms with van der Waals surface area (Å²) in [4.78, 5) is 16.9. The van der Waals surface area contributed by atoms with E-state index in [-0.39, 0.29) is 11.3 Å². The molecular formula is C23H26N4O2. The number of nitrogens with one attached hydrogen (secondary N) is 1. The standard InChI is InChI=1S/C23H26N4O2/c1-5-29-18-11-7-6-10-17(18)13-14-22(28)25-21-16-19(23(2,3)4)26-27(21)20-12-8-9-15-24-20/h6-16H,5H2,1-4H3,(H,25,28)/b14-13+. The summed E-state index contributed by atoms with van der Waals surface area (Å²) in [5.41, 5.74) is 1.55. The highest BCUT2D eigenvalue weighted by Gasteiger charge is 2.21. The van der Waals surface area contributed by atoms with E-state index in [4.69, 9.17) is 4.74 Å². The summed E-state index contributed by atoms with van der Waals surface area (Å²) in [7, 11) is 0. The van der Waals surface area contributed by atoms with E-state index >= 15 is 0 Å². The molecule has 0 atom stereocenters. The molecule has 1 aromatic carbocycles. The first-order chi connectivity index (χ1) is 13.9. The molecule has 0 unspecified atom stereocenters. The number of ether oxygens (including phenoxy) is 1. The maximum atomic E-state index is 12.6. The number of para-hydroxylation sites is 1. The lowest BCUT2D eigenvalue weighted by Gasteiger charge is -2.13. The van der Waals surface area contributed by atoms with Crippen LogP contribution in [0.4, 0.5) is 5.82 Å². The Bertz CT molecular complexity index is 1000. The number of nitrogens with zero attached hydrogens (tertiary/aromatic N) is 3. The second-order valence-electron chi connectivity index (χ2n) is 7.56. The van der Waals surface area contributed by atoms with Gasteiger partial charge in [-0.15, -0.1) is 0 Å². The summed E-state index contributed by atoms with van der Waals surface area (Å²) in [5.74, 6) is 1.70. The van der Waals surface area contributed by atoms with Crippen LogP contribution in [0.25, 0.3) is 11.9 Å². The molecule has 1 amide bonds. The Hall–Kier alpha value is -3.41. The highest BCUT2D eigenvalue weighted by Crippen LogP contribution is 2.26. The van der Waals surface area contributed by atoms with Crippen molar-refractivity contribution in [1.82, 2.24) is 14.8 Å². The third kappa shape index (κ3) is 5.10. The van der Waals surface area contributed by atoms with Gasteiger partial charge in [-0.3, -0.25) is 4.79 Å². The maximum absolute atomic E-state index is 12.6. The maximum Gasteiger partial charge on any atom is 0.249 e. The number of carbonyl (C=O) groups excluding carboxylic acids is 1. The molecule has 3 rings (SSSR count). The quantitative estimate of drug-likeness (QED) is 0.624. The van der Waals surface area contributed by atoms with Crippen LogP contribution in [0.15, 0.2) is 60.8 Å². The van der Waals surface area contributed by atoms with Crippen molar-refractivity contribution in [3.8, 4) is 11.6 Å². The number of hydrogen-bond acceptors (Lipinski definition) is 4. The van der Waals surface area contributed by atoms with Crippen molar-refractivity contribution < 1.29 is 9.53 Å². The number of rotatable bonds is 6. The minimum absolute atomic E-state index is 0.161. The molecule has 0 saturated heterocycles. The van der Waals surface area contributed by atoms with Crippen LogP contribution in [0.3, 0.4) is 0 Å². The largest absolute Gasteiger partial charge is 0.493 e. The fourth-order valence-electron chi connectivity index (χ4n) is 2.73. The predicted molar refractivity (Wildman–Crippen MR) is 115 cm³/mol. The van der Waals surface area contributed by atoms with E-state index in [0.29, 0.717) is 18.2 Å². The Morgan fingerprint density at radius 3 is 2.62 bits per heavy atom. The minimum atomic E-state index is -0.256. The summed E-state index contributed by atoms with van der Waals surface area (Å²) < 4.78 is 7.25. The van der Waals surface area contributed by atoms with Gasteiger partial charge in [-0.05, 0) is 31.2 Å². The van der Waals surface area contributed by atoms with Gasteiger partial charge in [0.2, 0.25) is 5.91 Å². The van der Waals surface area contributed by atoms with E-state index in [2.05, 4.69) is 36.2 Å². The summed E-state index contributed by atoms with van der Waals surface area (Å²) in [6.07, 6.45) is 4.93. The van der Waals surface area contributed by atoms with Crippen LogP contribution in [-0.2, 0) is 10.2 Å². The zero-order chi connectivity index (χ0) is 20.9. The molecule has 29 heavy (non-hydrogen) atoms. The molecule has 0 aliphatic rings. The Labute approximate surface area is 171 Å². The van der Waals surface area contributed by atoms with Gasteiger partial charge >= 0.3 is 0 Å². The highest BCUT2D eigenvalue weighted by molar-refractivity contribution is 6.01. The van der Waals surface area contributed by atoms with Gasteiger partial charge in [0.15, 0.2) is 5.82 Å². The summed E-state index contributed by atoms with van der Waals surface area (Å²) in [6.45, 7) is 8.73. The molecule has 0 bridgehead atoms. The molecule has 0 spiro atoms. The molecule has 0 aliphatic carbocycles. The van der Waals surface area contributed by atoms with Crippen LogP contribution in [0.5, 0.6) is 5.75 Å². The van der Waals surface area contributed by atoms with Gasteiger partial charge in [-0.1, -0.05) is 45.0 Å². The first-order valence-electron chi connectivity index (χ1n) is 9.61. The lowest BCUT2D eigenvalue weighted by atomic mass is 9.92. The first-order valence-corrected chi connectivity index (χ1v) is 9.61. The van der Waals surface area contributed by atoms with E-state index in [1.807, 2.05) is 55.5 Å². The molecule has 1 N–H and O–H groups in total. The van der Waals surface area contributed by atoms with Crippen LogP contribution in [0, 0.1) is 0 Å². The molecule has 2 aromatic heterocycles. The van der Waals surface area contributed by atoms with Gasteiger partial charge in [-0.25, -0.2) is 4.98 Å². The molecule has 6 nitrogen and oxygen atoms in total. The van der Waals surface area contributed by atoms with Crippen molar-refractivity contribution in [3.05, 3.63) is 72.1 Å². The van der Waals surface area contributed by atoms with Gasteiger partial charge in [-0.2, -0.15) is 9.78 Å². The van der Waals surface area contributed by atoms with Crippen molar-refractivity contribution in [3.63, 3.8) is 0 Å². The molecule has 150 valence electrons. The van der Waals surface area contributed by atoms with Crippen LogP contribution in [0.2, 0.25) is 0 Å². The van der Waals surface area contributed by atoms with Crippen molar-refractivity contribution in [2.75, 3.05) is 11.9 Å². The van der Waals surface area contributed by atoms with Crippen LogP contribution < -0.4 is 10.1 Å². The van der Waals surface area contributed by atoms with Gasteiger partial charge in [0.25, 0.3) is 0 Å². The third-order valence-electron chi connectivity index (χ3n) is 4.23. The number of amides is 1. The van der Waals surface area contributed by atoms with Crippen molar-refractivity contribution in [2.24, 2.45) is 0 Å². The summed E-state index contributed by atoms with van der Waals surface area (Å²) in [6, 6.07) is 15.1. The Kier molecular flexibility index (Phi) is 6.12. The molecule has 0 fully saturated rings. The monoisotopic (exact) mass is 390 g/mol. The van der Waals surface area contributed by atoms with E-state index in [1.165, 1.54) is 6.08 Å². The smallest absolute Gasteiger partial charge is 0.249 e. The number of pyridine rings is 1. The Balaban J connectivity index is 1.86. The molecule has 3 aromatic rings. The lowest BCUT2D eigenvalue weighted by Crippen LogP contribution is -2.14. The average Bonchev–Trinajstić information content (AvgIpc) is 3.12. The summed E-state index contributed by atoms with van der Waals surface area (Å²) >= 11 is 0. The fraction of sp³-hybridized carbons (Fsp3) is 0.261. The second kappa shape index (κ2) is 8.73. The number of hydrogen-bond donors (Lipinski definition) is 1. The van der Waals surface area contributed by atoms with Crippen LogP contribution in [0.1, 0.15) is 39.0 Å². The van der Waals surface area contributed by atoms with Crippen molar-refractivity contribution in [1.29, 1.82) is 0 Å². The zero-order valence-electron chi connectivity index (χ0n) is 17.2. The normalized spacial score (nSPS) is 11.6. The van der Waals surface area contributed by atoms with Gasteiger partial charge in [0.1, 0.15) is 11.6 Å². The van der Waals surface area contributed by atoms with Gasteiger partial charge < -0.3 is 10.1 Å². The Morgan fingerprint density at radius 2 is 1.93 bits per heavy atom. The average molecular weight is 390 g/mol. The topological polar surface area (TPSA) is 69.0 Å². The fourth-order valence-corrected chi connectivity index (χ4v) is 2.73. The van der Waals surface area contributed by atoms with E-state index in [0.717, 1.165) is 17.0 Å². The van der Waals surface area contributed by atoms with E-state index in [1.54, 1.807) is 17.0 Å². The SMILES string of the molecule is CCOc1ccccc1/C=C/C(=O)Nc1cc(C(C)(C)C)nn1-c1ccccn1. The van der Waals surface area contributed by atoms with Gasteiger partial charge in [0, 0.05) is 29.3 Å². The van der Waals surface area contributed by atoms with Gasteiger partial charge in [0.05, 0.1) is 12.3 Å². The van der Waals surface area contributed by atoms with Crippen molar-refractivity contribution >= 4 is 17.8 Å². The molecular weight excluding hydrogens is 364 g/mol. The second-order valence-corrected chi connectivity index (χ2v) is 7.56. The number of benzene rings is 1. The molecule has 0 radical (unpaired) electrons. The number of carbonyl (C=O) groups is 1. The van der Waals surface area contributed by atoms with Crippen molar-refractivity contribution in [2.45, 2.75) is 33.1 Å². The first kappa shape index (κ1) is 20.3. The highest BCUT2D eigenvalue weighted by atomic mass is 16.5. The minimum Gasteiger partial charge on any atom is -0.493 e. The lowest BCUT2D eigenvalue weighted by molar-refractivity contribution is -0.111. The van der Waals surface area contributed by atoms with E-state index in [9.17, 15) is 4.79 Å². The molecule has 6 heteroatoms. The van der Waals surface area contributed by atoms with Crippen LogP contribution >= 0.6 is 0 Å². The number of aromatic nitrogens is 3. The molecule has 0 saturated carbocycles. The van der Waals surface area contributed by atoms with E-state index < -0.39 is 0 Å².